The number of phenolic OH excluding ortho intramolecular Hbond substituents is 1. The summed E-state index contributed by atoms with van der Waals surface area (Å²) in [5.74, 6) is 0.343. The molecule has 2 N–H and O–H groups in total. The number of aryl methyl sites for hydroxylation is 1. The van der Waals surface area contributed by atoms with E-state index < -0.39 is 0 Å². The fourth-order valence-corrected chi connectivity index (χ4v) is 1.63. The summed E-state index contributed by atoms with van der Waals surface area (Å²) in [5, 5.41) is 12.6. The maximum Gasteiger partial charge on any atom is 0.117 e. The van der Waals surface area contributed by atoms with Crippen molar-refractivity contribution >= 4 is 5.69 Å². The Hall–Kier alpha value is -1.18. The van der Waals surface area contributed by atoms with E-state index in [9.17, 15) is 5.11 Å². The molecule has 0 saturated carbocycles. The molecule has 1 aliphatic rings. The second-order valence-electron chi connectivity index (χ2n) is 3.43. The highest BCUT2D eigenvalue weighted by atomic mass is 16.3. The van der Waals surface area contributed by atoms with Gasteiger partial charge in [0.25, 0.3) is 0 Å². The van der Waals surface area contributed by atoms with Crippen LogP contribution < -0.4 is 5.32 Å². The smallest absolute Gasteiger partial charge is 0.117 e. The highest BCUT2D eigenvalue weighted by molar-refractivity contribution is 5.56. The predicted molar refractivity (Wildman–Crippen MR) is 49.5 cm³/mol. The van der Waals surface area contributed by atoms with Crippen molar-refractivity contribution in [2.75, 3.05) is 5.32 Å². The van der Waals surface area contributed by atoms with E-state index in [0.29, 0.717) is 11.8 Å². The van der Waals surface area contributed by atoms with Gasteiger partial charge in [0.1, 0.15) is 5.75 Å². The minimum absolute atomic E-state index is 0.343. The van der Waals surface area contributed by atoms with Crippen molar-refractivity contribution in [2.24, 2.45) is 0 Å². The van der Waals surface area contributed by atoms with Crippen LogP contribution in [0, 0.1) is 0 Å². The third-order valence-electron chi connectivity index (χ3n) is 2.34. The molecule has 2 nitrogen and oxygen atoms in total. The number of anilines is 1. The molecule has 64 valence electrons. The van der Waals surface area contributed by atoms with Crippen molar-refractivity contribution in [3.63, 3.8) is 0 Å². The Morgan fingerprint density at radius 1 is 1.50 bits per heavy atom. The first kappa shape index (κ1) is 7.47. The fraction of sp³-hybridized carbons (Fsp3) is 0.400. The van der Waals surface area contributed by atoms with Crippen LogP contribution in [-0.4, -0.2) is 11.1 Å². The number of phenols is 1. The average Bonchev–Trinajstić information content (AvgIpc) is 2.03. The third kappa shape index (κ3) is 1.24. The Kier molecular flexibility index (Phi) is 1.68. The molecule has 1 heterocycles. The Labute approximate surface area is 72.2 Å². The van der Waals surface area contributed by atoms with Gasteiger partial charge < -0.3 is 10.4 Å². The molecule has 1 aromatic carbocycles. The van der Waals surface area contributed by atoms with Gasteiger partial charge in [0.15, 0.2) is 0 Å². The lowest BCUT2D eigenvalue weighted by atomic mass is 9.99. The molecular weight excluding hydrogens is 150 g/mol. The quantitative estimate of drug-likeness (QED) is 0.614. The van der Waals surface area contributed by atoms with E-state index in [1.165, 1.54) is 12.0 Å². The summed E-state index contributed by atoms with van der Waals surface area (Å²) < 4.78 is 0. The predicted octanol–water partition coefficient (Wildman–Crippen LogP) is 2.14. The van der Waals surface area contributed by atoms with Crippen molar-refractivity contribution in [3.05, 3.63) is 23.8 Å². The van der Waals surface area contributed by atoms with Gasteiger partial charge in [0.2, 0.25) is 0 Å². The van der Waals surface area contributed by atoms with Crippen LogP contribution in [0.25, 0.3) is 0 Å². The molecule has 1 aliphatic heterocycles. The molecule has 1 atom stereocenters. The van der Waals surface area contributed by atoms with Crippen LogP contribution in [0.3, 0.4) is 0 Å². The van der Waals surface area contributed by atoms with Crippen molar-refractivity contribution in [1.82, 2.24) is 0 Å². The van der Waals surface area contributed by atoms with Crippen LogP contribution in [0.1, 0.15) is 18.9 Å². The van der Waals surface area contributed by atoms with Gasteiger partial charge in [0.05, 0.1) is 0 Å². The number of benzene rings is 1. The summed E-state index contributed by atoms with van der Waals surface area (Å²) >= 11 is 0. The highest BCUT2D eigenvalue weighted by Gasteiger charge is 2.13. The molecular formula is C10H13NO. The standard InChI is InChI=1S/C10H13NO/c1-7-2-3-8-4-5-9(12)6-10(8)11-7/h4-7,11-12H,2-3H2,1H3/t7-/m1/s1. The molecule has 0 amide bonds. The normalized spacial score (nSPS) is 21.2. The molecule has 0 radical (unpaired) electrons. The van der Waals surface area contributed by atoms with E-state index in [0.717, 1.165) is 12.1 Å². The Balaban J connectivity index is 2.37. The van der Waals surface area contributed by atoms with Gasteiger partial charge in [-0.2, -0.15) is 0 Å². The molecule has 0 bridgehead atoms. The van der Waals surface area contributed by atoms with Gasteiger partial charge in [-0.25, -0.2) is 0 Å². The van der Waals surface area contributed by atoms with Gasteiger partial charge in [-0.15, -0.1) is 0 Å². The van der Waals surface area contributed by atoms with Gasteiger partial charge in [-0.1, -0.05) is 6.07 Å². The summed E-state index contributed by atoms with van der Waals surface area (Å²) in [4.78, 5) is 0. The lowest BCUT2D eigenvalue weighted by Gasteiger charge is -2.23. The zero-order valence-corrected chi connectivity index (χ0v) is 7.17. The first-order valence-corrected chi connectivity index (χ1v) is 4.34. The molecule has 0 aromatic heterocycles. The number of nitrogens with one attached hydrogen (secondary N) is 1. The Morgan fingerprint density at radius 3 is 3.17 bits per heavy atom. The molecule has 0 unspecified atom stereocenters. The van der Waals surface area contributed by atoms with E-state index in [1.54, 1.807) is 12.1 Å². The van der Waals surface area contributed by atoms with Crippen LogP contribution in [0.5, 0.6) is 5.75 Å². The first-order chi connectivity index (χ1) is 5.75. The van der Waals surface area contributed by atoms with Crippen LogP contribution >= 0.6 is 0 Å². The zero-order chi connectivity index (χ0) is 8.55. The molecule has 2 rings (SSSR count). The Bertz CT molecular complexity index is 296. The third-order valence-corrected chi connectivity index (χ3v) is 2.34. The first-order valence-electron chi connectivity index (χ1n) is 4.34. The Morgan fingerprint density at radius 2 is 2.33 bits per heavy atom. The van der Waals surface area contributed by atoms with Gasteiger partial charge in [-0.05, 0) is 31.4 Å². The SMILES string of the molecule is C[C@@H]1CCc2ccc(O)cc2N1. The summed E-state index contributed by atoms with van der Waals surface area (Å²) in [5.41, 5.74) is 2.40. The molecule has 0 aliphatic carbocycles. The molecule has 0 spiro atoms. The minimum Gasteiger partial charge on any atom is -0.508 e. The number of hydrogen-bond donors (Lipinski definition) is 2. The van der Waals surface area contributed by atoms with Crippen LogP contribution in [-0.2, 0) is 6.42 Å². The number of aromatic hydroxyl groups is 1. The highest BCUT2D eigenvalue weighted by Crippen LogP contribution is 2.27. The van der Waals surface area contributed by atoms with E-state index in [2.05, 4.69) is 12.2 Å². The number of rotatable bonds is 0. The summed E-state index contributed by atoms with van der Waals surface area (Å²) in [6.45, 7) is 2.16. The minimum atomic E-state index is 0.343. The van der Waals surface area contributed by atoms with Crippen molar-refractivity contribution in [3.8, 4) is 5.75 Å². The molecule has 0 fully saturated rings. The van der Waals surface area contributed by atoms with Crippen molar-refractivity contribution in [1.29, 1.82) is 0 Å². The van der Waals surface area contributed by atoms with Crippen LogP contribution in [0.15, 0.2) is 18.2 Å². The number of hydrogen-bond acceptors (Lipinski definition) is 2. The largest absolute Gasteiger partial charge is 0.508 e. The molecule has 1 aromatic rings. The number of fused-ring (bicyclic) bond motifs is 1. The lowest BCUT2D eigenvalue weighted by Crippen LogP contribution is -2.21. The summed E-state index contributed by atoms with van der Waals surface area (Å²) in [6, 6.07) is 6.06. The van der Waals surface area contributed by atoms with E-state index >= 15 is 0 Å². The van der Waals surface area contributed by atoms with Crippen LogP contribution in [0.2, 0.25) is 0 Å². The zero-order valence-electron chi connectivity index (χ0n) is 7.17. The second-order valence-corrected chi connectivity index (χ2v) is 3.43. The van der Waals surface area contributed by atoms with Gasteiger partial charge in [0, 0.05) is 17.8 Å². The summed E-state index contributed by atoms with van der Waals surface area (Å²) in [7, 11) is 0. The van der Waals surface area contributed by atoms with E-state index in [-0.39, 0.29) is 0 Å². The van der Waals surface area contributed by atoms with E-state index in [1.807, 2.05) is 6.07 Å². The fourth-order valence-electron chi connectivity index (χ4n) is 1.63. The maximum absolute atomic E-state index is 9.23. The summed E-state index contributed by atoms with van der Waals surface area (Å²) in [6.07, 6.45) is 2.29. The average molecular weight is 163 g/mol. The van der Waals surface area contributed by atoms with Crippen LogP contribution in [0.4, 0.5) is 5.69 Å². The van der Waals surface area contributed by atoms with Crippen molar-refractivity contribution < 1.29 is 5.11 Å². The molecule has 0 saturated heterocycles. The lowest BCUT2D eigenvalue weighted by molar-refractivity contribution is 0.475. The molecule has 12 heavy (non-hydrogen) atoms. The van der Waals surface area contributed by atoms with E-state index in [4.69, 9.17) is 0 Å². The maximum atomic E-state index is 9.23. The second kappa shape index (κ2) is 2.70. The monoisotopic (exact) mass is 163 g/mol. The van der Waals surface area contributed by atoms with Crippen molar-refractivity contribution in [2.45, 2.75) is 25.8 Å². The topological polar surface area (TPSA) is 32.3 Å². The van der Waals surface area contributed by atoms with Gasteiger partial charge in [-0.3, -0.25) is 0 Å². The van der Waals surface area contributed by atoms with Gasteiger partial charge >= 0.3 is 0 Å². The molecule has 2 heteroatoms.